The second-order valence-electron chi connectivity index (χ2n) is 4.86. The van der Waals surface area contributed by atoms with Crippen LogP contribution in [0, 0.1) is 5.92 Å². The van der Waals surface area contributed by atoms with Gasteiger partial charge in [0.15, 0.2) is 0 Å². The van der Waals surface area contributed by atoms with Crippen molar-refractivity contribution in [1.29, 1.82) is 0 Å². The predicted molar refractivity (Wildman–Crippen MR) is 62.6 cm³/mol. The summed E-state index contributed by atoms with van der Waals surface area (Å²) in [5.74, 6) is 0.906. The van der Waals surface area contributed by atoms with E-state index in [1.54, 1.807) is 0 Å². The van der Waals surface area contributed by atoms with Gasteiger partial charge in [0.1, 0.15) is 0 Å². The van der Waals surface area contributed by atoms with Gasteiger partial charge in [-0.3, -0.25) is 0 Å². The van der Waals surface area contributed by atoms with Gasteiger partial charge in [-0.2, -0.15) is 0 Å². The predicted octanol–water partition coefficient (Wildman–Crippen LogP) is 2.10. The number of hydrogen-bond donors (Lipinski definition) is 1. The lowest BCUT2D eigenvalue weighted by Crippen LogP contribution is -2.50. The minimum absolute atomic E-state index is 0.711. The first-order valence-corrected chi connectivity index (χ1v) is 6.06. The molecule has 0 amide bonds. The van der Waals surface area contributed by atoms with E-state index < -0.39 is 0 Å². The summed E-state index contributed by atoms with van der Waals surface area (Å²) in [7, 11) is 4.38. The van der Waals surface area contributed by atoms with Crippen molar-refractivity contribution in [2.45, 2.75) is 51.6 Å². The molecular weight excluding hydrogens is 172 g/mol. The first-order chi connectivity index (χ1) is 6.69. The standard InChI is InChI=1S/C12H26N2/c1-5-8-14(4)12-9-10(2)6-7-11(12)13-3/h10-13H,5-9H2,1-4H3. The average molecular weight is 198 g/mol. The highest BCUT2D eigenvalue weighted by atomic mass is 15.2. The molecule has 2 heteroatoms. The molecular formula is C12H26N2. The third-order valence-corrected chi connectivity index (χ3v) is 3.59. The quantitative estimate of drug-likeness (QED) is 0.744. The van der Waals surface area contributed by atoms with Crippen molar-refractivity contribution in [3.8, 4) is 0 Å². The topological polar surface area (TPSA) is 15.3 Å². The molecule has 0 aromatic carbocycles. The molecule has 0 bridgehead atoms. The number of likely N-dealkylation sites (N-methyl/N-ethyl adjacent to an activating group) is 2. The molecule has 1 aliphatic rings. The van der Waals surface area contributed by atoms with E-state index in [1.807, 2.05) is 0 Å². The molecule has 84 valence electrons. The highest BCUT2D eigenvalue weighted by Gasteiger charge is 2.29. The van der Waals surface area contributed by atoms with E-state index in [9.17, 15) is 0 Å². The number of nitrogens with zero attached hydrogens (tertiary/aromatic N) is 1. The molecule has 0 aromatic heterocycles. The normalized spacial score (nSPS) is 33.6. The molecule has 1 fully saturated rings. The summed E-state index contributed by atoms with van der Waals surface area (Å²) in [5.41, 5.74) is 0. The van der Waals surface area contributed by atoms with Crippen molar-refractivity contribution in [3.05, 3.63) is 0 Å². The van der Waals surface area contributed by atoms with Gasteiger partial charge in [-0.25, -0.2) is 0 Å². The molecule has 1 N–H and O–H groups in total. The summed E-state index contributed by atoms with van der Waals surface area (Å²) < 4.78 is 0. The van der Waals surface area contributed by atoms with Crippen molar-refractivity contribution in [3.63, 3.8) is 0 Å². The van der Waals surface area contributed by atoms with Crippen LogP contribution in [0.2, 0.25) is 0 Å². The van der Waals surface area contributed by atoms with E-state index in [2.05, 4.69) is 38.2 Å². The summed E-state index contributed by atoms with van der Waals surface area (Å²) in [6.07, 6.45) is 5.36. The first kappa shape index (κ1) is 12.0. The van der Waals surface area contributed by atoms with Crippen LogP contribution in [0.25, 0.3) is 0 Å². The fourth-order valence-corrected chi connectivity index (χ4v) is 2.69. The van der Waals surface area contributed by atoms with Gasteiger partial charge < -0.3 is 10.2 Å². The van der Waals surface area contributed by atoms with Crippen molar-refractivity contribution < 1.29 is 0 Å². The monoisotopic (exact) mass is 198 g/mol. The van der Waals surface area contributed by atoms with Crippen LogP contribution in [0.5, 0.6) is 0 Å². The van der Waals surface area contributed by atoms with Crippen molar-refractivity contribution in [2.75, 3.05) is 20.6 Å². The maximum absolute atomic E-state index is 3.47. The number of hydrogen-bond acceptors (Lipinski definition) is 2. The zero-order valence-electron chi connectivity index (χ0n) is 10.2. The van der Waals surface area contributed by atoms with Crippen molar-refractivity contribution in [1.82, 2.24) is 10.2 Å². The Balaban J connectivity index is 2.51. The van der Waals surface area contributed by atoms with Crippen molar-refractivity contribution in [2.24, 2.45) is 5.92 Å². The average Bonchev–Trinajstić information content (AvgIpc) is 2.18. The Bertz CT molecular complexity index is 158. The summed E-state index contributed by atoms with van der Waals surface area (Å²) in [5, 5.41) is 3.47. The van der Waals surface area contributed by atoms with E-state index >= 15 is 0 Å². The summed E-state index contributed by atoms with van der Waals surface area (Å²) >= 11 is 0. The molecule has 3 unspecified atom stereocenters. The molecule has 0 aliphatic heterocycles. The third kappa shape index (κ3) is 2.96. The van der Waals surface area contributed by atoms with Crippen LogP contribution in [0.3, 0.4) is 0 Å². The van der Waals surface area contributed by atoms with E-state index in [4.69, 9.17) is 0 Å². The lowest BCUT2D eigenvalue weighted by Gasteiger charge is -2.40. The van der Waals surface area contributed by atoms with Gasteiger partial charge in [0.05, 0.1) is 0 Å². The maximum atomic E-state index is 3.47. The zero-order chi connectivity index (χ0) is 10.6. The summed E-state index contributed by atoms with van der Waals surface area (Å²) in [4.78, 5) is 2.54. The van der Waals surface area contributed by atoms with Crippen LogP contribution in [-0.4, -0.2) is 37.6 Å². The van der Waals surface area contributed by atoms with Gasteiger partial charge in [0, 0.05) is 12.1 Å². The Kier molecular flexibility index (Phi) is 4.90. The largest absolute Gasteiger partial charge is 0.315 e. The van der Waals surface area contributed by atoms with Crippen molar-refractivity contribution >= 4 is 0 Å². The molecule has 2 nitrogen and oxygen atoms in total. The highest BCUT2D eigenvalue weighted by Crippen LogP contribution is 2.27. The van der Waals surface area contributed by atoms with Gasteiger partial charge in [-0.05, 0) is 52.2 Å². The third-order valence-electron chi connectivity index (χ3n) is 3.59. The molecule has 0 aromatic rings. The van der Waals surface area contributed by atoms with Gasteiger partial charge in [0.25, 0.3) is 0 Å². The molecule has 3 atom stereocenters. The first-order valence-electron chi connectivity index (χ1n) is 6.06. The Morgan fingerprint density at radius 3 is 2.64 bits per heavy atom. The van der Waals surface area contributed by atoms with Crippen LogP contribution in [0.4, 0.5) is 0 Å². The van der Waals surface area contributed by atoms with Crippen LogP contribution >= 0.6 is 0 Å². The lowest BCUT2D eigenvalue weighted by molar-refractivity contribution is 0.129. The highest BCUT2D eigenvalue weighted by molar-refractivity contribution is 4.88. The van der Waals surface area contributed by atoms with Gasteiger partial charge >= 0.3 is 0 Å². The molecule has 1 rings (SSSR count). The van der Waals surface area contributed by atoms with Gasteiger partial charge in [-0.1, -0.05) is 13.8 Å². The van der Waals surface area contributed by atoms with Gasteiger partial charge in [-0.15, -0.1) is 0 Å². The molecule has 0 saturated heterocycles. The van der Waals surface area contributed by atoms with E-state index in [-0.39, 0.29) is 0 Å². The Labute approximate surface area is 89.1 Å². The number of nitrogens with one attached hydrogen (secondary N) is 1. The molecule has 0 heterocycles. The molecule has 14 heavy (non-hydrogen) atoms. The summed E-state index contributed by atoms with van der Waals surface area (Å²) in [6.45, 7) is 5.88. The second-order valence-corrected chi connectivity index (χ2v) is 4.86. The van der Waals surface area contributed by atoms with Crippen LogP contribution in [0.1, 0.15) is 39.5 Å². The van der Waals surface area contributed by atoms with E-state index in [1.165, 1.54) is 32.2 Å². The fraction of sp³-hybridized carbons (Fsp3) is 1.00. The molecule has 0 radical (unpaired) electrons. The Morgan fingerprint density at radius 1 is 1.36 bits per heavy atom. The summed E-state index contributed by atoms with van der Waals surface area (Å²) in [6, 6.07) is 1.46. The van der Waals surface area contributed by atoms with E-state index in [0.29, 0.717) is 6.04 Å². The Morgan fingerprint density at radius 2 is 2.07 bits per heavy atom. The van der Waals surface area contributed by atoms with Crippen LogP contribution in [0.15, 0.2) is 0 Å². The fourth-order valence-electron chi connectivity index (χ4n) is 2.69. The number of rotatable bonds is 4. The van der Waals surface area contributed by atoms with E-state index in [0.717, 1.165) is 12.0 Å². The molecule has 1 aliphatic carbocycles. The Hall–Kier alpha value is -0.0800. The molecule has 0 spiro atoms. The maximum Gasteiger partial charge on any atom is 0.0248 e. The lowest BCUT2D eigenvalue weighted by atomic mass is 9.82. The van der Waals surface area contributed by atoms with Crippen LogP contribution in [-0.2, 0) is 0 Å². The van der Waals surface area contributed by atoms with Crippen LogP contribution < -0.4 is 5.32 Å². The molecule has 1 saturated carbocycles. The second kappa shape index (κ2) is 5.72. The SMILES string of the molecule is CCCN(C)C1CC(C)CCC1NC. The zero-order valence-corrected chi connectivity index (χ0v) is 10.2. The smallest absolute Gasteiger partial charge is 0.0248 e. The minimum Gasteiger partial charge on any atom is -0.315 e. The minimum atomic E-state index is 0.711. The van der Waals surface area contributed by atoms with Gasteiger partial charge in [0.2, 0.25) is 0 Å².